The highest BCUT2D eigenvalue weighted by atomic mass is 35.5. The number of ether oxygens (including phenoxy) is 1. The lowest BCUT2D eigenvalue weighted by molar-refractivity contribution is -0.122. The lowest BCUT2D eigenvalue weighted by Gasteiger charge is -2.18. The fourth-order valence-electron chi connectivity index (χ4n) is 2.82. The Morgan fingerprint density at radius 3 is 2.54 bits per heavy atom. The summed E-state index contributed by atoms with van der Waals surface area (Å²) in [5.74, 6) is 0.199. The fraction of sp³-hybridized carbons (Fsp3) is 0.263. The topological polar surface area (TPSA) is 65.3 Å². The zero-order valence-corrected chi connectivity index (χ0v) is 15.6. The van der Waals surface area contributed by atoms with Crippen LogP contribution in [-0.4, -0.2) is 21.1 Å². The monoisotopic (exact) mass is 373 g/mol. The Kier molecular flexibility index (Phi) is 5.04. The van der Waals surface area contributed by atoms with Gasteiger partial charge in [-0.15, -0.1) is 0 Å². The molecule has 0 aliphatic rings. The number of nitrogens with zero attached hydrogens (tertiary/aromatic N) is 2. The van der Waals surface area contributed by atoms with Gasteiger partial charge in [-0.25, -0.2) is 4.79 Å². The Morgan fingerprint density at radius 1 is 1.15 bits per heavy atom. The van der Waals surface area contributed by atoms with Gasteiger partial charge in [0.2, 0.25) is 0 Å². The first-order valence-corrected chi connectivity index (χ1v) is 8.67. The summed E-state index contributed by atoms with van der Waals surface area (Å²) in [6, 6.07) is 12.4. The number of aryl methyl sites for hydroxylation is 2. The quantitative estimate of drug-likeness (QED) is 0.746. The maximum atomic E-state index is 12.6. The van der Waals surface area contributed by atoms with Crippen molar-refractivity contribution in [2.24, 2.45) is 14.1 Å². The van der Waals surface area contributed by atoms with Crippen LogP contribution in [0, 0.1) is 0 Å². The molecule has 26 heavy (non-hydrogen) atoms. The van der Waals surface area contributed by atoms with Gasteiger partial charge >= 0.3 is 5.69 Å². The number of fused-ring (bicyclic) bond motifs is 1. The Bertz CT molecular complexity index is 1020. The van der Waals surface area contributed by atoms with E-state index >= 15 is 0 Å². The molecule has 0 spiro atoms. The molecule has 0 saturated heterocycles. The van der Waals surface area contributed by atoms with Gasteiger partial charge in [0.15, 0.2) is 6.10 Å². The molecule has 0 aliphatic heterocycles. The average Bonchev–Trinajstić information content (AvgIpc) is 2.85. The van der Waals surface area contributed by atoms with Crippen LogP contribution in [0.25, 0.3) is 11.0 Å². The van der Waals surface area contributed by atoms with E-state index in [2.05, 4.69) is 5.32 Å². The van der Waals surface area contributed by atoms with Crippen molar-refractivity contribution in [3.8, 4) is 5.75 Å². The summed E-state index contributed by atoms with van der Waals surface area (Å²) in [4.78, 5) is 24.6. The van der Waals surface area contributed by atoms with Gasteiger partial charge in [0.25, 0.3) is 5.91 Å². The molecule has 0 bridgehead atoms. The zero-order chi connectivity index (χ0) is 18.8. The summed E-state index contributed by atoms with van der Waals surface area (Å²) in [6.07, 6.45) is -0.187. The van der Waals surface area contributed by atoms with Crippen LogP contribution in [0.15, 0.2) is 47.3 Å². The van der Waals surface area contributed by atoms with Gasteiger partial charge in [-0.1, -0.05) is 30.7 Å². The number of imidazole rings is 1. The fourth-order valence-corrected chi connectivity index (χ4v) is 3.00. The molecular weight excluding hydrogens is 354 g/mol. The second-order valence-electron chi connectivity index (χ2n) is 6.04. The van der Waals surface area contributed by atoms with Crippen molar-refractivity contribution < 1.29 is 9.53 Å². The van der Waals surface area contributed by atoms with E-state index in [9.17, 15) is 9.59 Å². The SMILES string of the molecule is CC[C@H](Oc1ccccc1Cl)C(=O)Nc1ccc2c(c1)n(C)c(=O)n2C. The molecule has 0 fully saturated rings. The van der Waals surface area contributed by atoms with Crippen LogP contribution in [0.4, 0.5) is 5.69 Å². The number of aromatic nitrogens is 2. The number of hydrogen-bond donors (Lipinski definition) is 1. The first-order chi connectivity index (χ1) is 12.4. The Hall–Kier alpha value is -2.73. The van der Waals surface area contributed by atoms with E-state index in [0.29, 0.717) is 22.9 Å². The number of rotatable bonds is 5. The van der Waals surface area contributed by atoms with Gasteiger partial charge in [0, 0.05) is 19.8 Å². The summed E-state index contributed by atoms with van der Waals surface area (Å²) in [5.41, 5.74) is 2.03. The molecule has 0 unspecified atom stereocenters. The lowest BCUT2D eigenvalue weighted by atomic mass is 10.2. The van der Waals surface area contributed by atoms with Crippen LogP contribution in [-0.2, 0) is 18.9 Å². The van der Waals surface area contributed by atoms with Gasteiger partial charge in [0.05, 0.1) is 16.1 Å². The standard InChI is InChI=1S/C19H20ClN3O3/c1-4-16(26-17-8-6-5-7-13(17)20)18(24)21-12-9-10-14-15(11-12)23(3)19(25)22(14)2/h5-11,16H,4H2,1-3H3,(H,21,24)/t16-/m0/s1. The molecule has 0 aliphatic carbocycles. The molecule has 6 nitrogen and oxygen atoms in total. The van der Waals surface area contributed by atoms with Gasteiger partial charge < -0.3 is 10.1 Å². The Labute approximate surface area is 155 Å². The molecule has 0 saturated carbocycles. The van der Waals surface area contributed by atoms with Crippen molar-refractivity contribution in [3.63, 3.8) is 0 Å². The summed E-state index contributed by atoms with van der Waals surface area (Å²) in [5, 5.41) is 3.31. The van der Waals surface area contributed by atoms with Crippen LogP contribution in [0.3, 0.4) is 0 Å². The summed E-state index contributed by atoms with van der Waals surface area (Å²) in [6.45, 7) is 1.87. The third kappa shape index (κ3) is 3.32. The molecule has 1 atom stereocenters. The molecule has 7 heteroatoms. The zero-order valence-electron chi connectivity index (χ0n) is 14.8. The van der Waals surface area contributed by atoms with Crippen LogP contribution >= 0.6 is 11.6 Å². The summed E-state index contributed by atoms with van der Waals surface area (Å²) in [7, 11) is 3.42. The number of carbonyl (C=O) groups is 1. The predicted molar refractivity (Wildman–Crippen MR) is 103 cm³/mol. The van der Waals surface area contributed by atoms with E-state index < -0.39 is 6.10 Å². The Balaban J connectivity index is 1.82. The number of amides is 1. The van der Waals surface area contributed by atoms with E-state index in [-0.39, 0.29) is 11.6 Å². The maximum Gasteiger partial charge on any atom is 0.328 e. The van der Waals surface area contributed by atoms with E-state index in [1.54, 1.807) is 59.6 Å². The molecule has 136 valence electrons. The molecule has 2 aromatic carbocycles. The highest BCUT2D eigenvalue weighted by molar-refractivity contribution is 6.32. The van der Waals surface area contributed by atoms with E-state index in [1.807, 2.05) is 13.0 Å². The molecule has 0 radical (unpaired) electrons. The minimum absolute atomic E-state index is 0.114. The van der Waals surface area contributed by atoms with Crippen LogP contribution in [0.2, 0.25) is 5.02 Å². The summed E-state index contributed by atoms with van der Waals surface area (Å²) >= 11 is 6.10. The molecule has 1 aromatic heterocycles. The Morgan fingerprint density at radius 2 is 1.85 bits per heavy atom. The maximum absolute atomic E-state index is 12.6. The minimum atomic E-state index is -0.676. The van der Waals surface area contributed by atoms with Crippen molar-refractivity contribution in [1.29, 1.82) is 0 Å². The molecular formula is C19H20ClN3O3. The average molecular weight is 374 g/mol. The largest absolute Gasteiger partial charge is 0.479 e. The van der Waals surface area contributed by atoms with Crippen molar-refractivity contribution in [2.45, 2.75) is 19.4 Å². The minimum Gasteiger partial charge on any atom is -0.479 e. The van der Waals surface area contributed by atoms with Crippen LogP contribution in [0.1, 0.15) is 13.3 Å². The third-order valence-electron chi connectivity index (χ3n) is 4.31. The number of benzene rings is 2. The first kappa shape index (κ1) is 18.1. The molecule has 1 amide bonds. The smallest absolute Gasteiger partial charge is 0.328 e. The third-order valence-corrected chi connectivity index (χ3v) is 4.62. The van der Waals surface area contributed by atoms with E-state index in [1.165, 1.54) is 0 Å². The molecule has 1 N–H and O–H groups in total. The van der Waals surface area contributed by atoms with Gasteiger partial charge in [-0.2, -0.15) is 0 Å². The lowest BCUT2D eigenvalue weighted by Crippen LogP contribution is -2.32. The number of carbonyl (C=O) groups excluding carboxylic acids is 1. The number of nitrogens with one attached hydrogen (secondary N) is 1. The van der Waals surface area contributed by atoms with E-state index in [4.69, 9.17) is 16.3 Å². The molecule has 3 rings (SSSR count). The van der Waals surface area contributed by atoms with E-state index in [0.717, 1.165) is 11.0 Å². The van der Waals surface area contributed by atoms with Crippen molar-refractivity contribution in [1.82, 2.24) is 9.13 Å². The molecule has 3 aromatic rings. The summed E-state index contributed by atoms with van der Waals surface area (Å²) < 4.78 is 8.87. The highest BCUT2D eigenvalue weighted by Crippen LogP contribution is 2.25. The number of anilines is 1. The first-order valence-electron chi connectivity index (χ1n) is 8.30. The number of hydrogen-bond acceptors (Lipinski definition) is 3. The van der Waals surface area contributed by atoms with Crippen molar-refractivity contribution in [2.75, 3.05) is 5.32 Å². The van der Waals surface area contributed by atoms with Crippen molar-refractivity contribution in [3.05, 3.63) is 58.0 Å². The number of para-hydroxylation sites is 1. The van der Waals surface area contributed by atoms with Gasteiger partial charge in [-0.3, -0.25) is 13.9 Å². The van der Waals surface area contributed by atoms with Crippen molar-refractivity contribution >= 4 is 34.2 Å². The second kappa shape index (κ2) is 7.25. The van der Waals surface area contributed by atoms with Crippen LogP contribution in [0.5, 0.6) is 5.75 Å². The highest BCUT2D eigenvalue weighted by Gasteiger charge is 2.20. The predicted octanol–water partition coefficient (Wildman–Crippen LogP) is 3.33. The normalized spacial score (nSPS) is 12.2. The number of halogens is 1. The van der Waals surface area contributed by atoms with Gasteiger partial charge in [0.1, 0.15) is 5.75 Å². The second-order valence-corrected chi connectivity index (χ2v) is 6.45. The molecule has 1 heterocycles. The van der Waals surface area contributed by atoms with Crippen LogP contribution < -0.4 is 15.7 Å². The van der Waals surface area contributed by atoms with Gasteiger partial charge in [-0.05, 0) is 36.8 Å².